The first kappa shape index (κ1) is 20.2. The van der Waals surface area contributed by atoms with Gasteiger partial charge in [0, 0.05) is 4.88 Å². The number of halogens is 1. The molecule has 2 heterocycles. The second kappa shape index (κ2) is 8.34. The fourth-order valence-corrected chi connectivity index (χ4v) is 6.58. The van der Waals surface area contributed by atoms with Gasteiger partial charge < -0.3 is 11.1 Å². The number of benzene rings is 1. The molecule has 3 N–H and O–H groups in total. The number of nitrogens with two attached hydrogens (primary N) is 1. The third-order valence-corrected chi connectivity index (χ3v) is 7.92. The predicted molar refractivity (Wildman–Crippen MR) is 116 cm³/mol. The maximum atomic E-state index is 13.1. The van der Waals surface area contributed by atoms with Crippen molar-refractivity contribution in [1.29, 1.82) is 0 Å². The normalized spacial score (nSPS) is 12.7. The maximum absolute atomic E-state index is 13.1. The van der Waals surface area contributed by atoms with E-state index in [0.29, 0.717) is 24.5 Å². The summed E-state index contributed by atoms with van der Waals surface area (Å²) in [5, 5.41) is 7.73. The van der Waals surface area contributed by atoms with Crippen LogP contribution in [0, 0.1) is 9.77 Å². The van der Waals surface area contributed by atoms with Gasteiger partial charge in [-0.05, 0) is 61.3 Å². The molecule has 0 aliphatic heterocycles. The Hall–Kier alpha value is -2.08. The van der Waals surface area contributed by atoms with E-state index in [4.69, 9.17) is 18.0 Å². The fraction of sp³-hybridized carbons (Fsp3) is 0.222. The number of thiophene rings is 1. The largest absolute Gasteiger partial charge is 0.365 e. The van der Waals surface area contributed by atoms with Crippen molar-refractivity contribution < 1.29 is 14.0 Å². The molecular formula is C18H15FN4O2S4. The number of fused-ring (bicyclic) bond motifs is 1. The van der Waals surface area contributed by atoms with Crippen molar-refractivity contribution in [3.05, 3.63) is 50.0 Å². The van der Waals surface area contributed by atoms with Crippen molar-refractivity contribution in [3.63, 3.8) is 0 Å². The Morgan fingerprint density at radius 1 is 1.28 bits per heavy atom. The molecule has 0 fully saturated rings. The van der Waals surface area contributed by atoms with E-state index in [1.54, 1.807) is 12.1 Å². The minimum Gasteiger partial charge on any atom is -0.365 e. The highest BCUT2D eigenvalue weighted by Crippen LogP contribution is 2.39. The molecule has 0 spiro atoms. The highest BCUT2D eigenvalue weighted by molar-refractivity contribution is 8.01. The molecule has 0 radical (unpaired) electrons. The summed E-state index contributed by atoms with van der Waals surface area (Å²) in [6.07, 6.45) is 2.74. The SMILES string of the molecule is NC(=O)c1c(NC(=O)CSc2nn(-c3ccc(F)cc3)c(=S)s2)sc2c1CCC2. The minimum atomic E-state index is -0.511. The number of thioether (sulfide) groups is 1. The summed E-state index contributed by atoms with van der Waals surface area (Å²) in [4.78, 5) is 25.4. The number of nitrogens with one attached hydrogen (secondary N) is 1. The van der Waals surface area contributed by atoms with Crippen LogP contribution in [0.2, 0.25) is 0 Å². The monoisotopic (exact) mass is 466 g/mol. The molecule has 0 saturated carbocycles. The lowest BCUT2D eigenvalue weighted by atomic mass is 10.1. The summed E-state index contributed by atoms with van der Waals surface area (Å²) in [6.45, 7) is 0. The number of amides is 2. The third-order valence-electron chi connectivity index (χ3n) is 4.35. The molecule has 1 aliphatic rings. The number of primary amides is 1. The molecular weight excluding hydrogens is 451 g/mol. The lowest BCUT2D eigenvalue weighted by Crippen LogP contribution is -2.18. The number of aryl methyl sites for hydroxylation is 1. The number of anilines is 1. The molecule has 1 aromatic carbocycles. The van der Waals surface area contributed by atoms with Crippen LogP contribution in [0.4, 0.5) is 9.39 Å². The summed E-state index contributed by atoms with van der Waals surface area (Å²) in [5.41, 5.74) is 7.59. The summed E-state index contributed by atoms with van der Waals surface area (Å²) in [5.74, 6) is -0.973. The quantitative estimate of drug-likeness (QED) is 0.420. The number of hydrogen-bond acceptors (Lipinski definition) is 7. The van der Waals surface area contributed by atoms with Crippen LogP contribution >= 0.6 is 46.7 Å². The summed E-state index contributed by atoms with van der Waals surface area (Å²) >= 11 is 9.26. The Labute approximate surface area is 182 Å². The van der Waals surface area contributed by atoms with Gasteiger partial charge in [-0.25, -0.2) is 9.07 Å². The standard InChI is InChI=1S/C18H15FN4O2S4/c19-9-4-6-10(7-5-9)23-18(26)29-17(22-23)27-8-13(24)21-16-14(15(20)25)11-2-1-3-12(11)28-16/h4-7H,1-3,8H2,(H2,20,25)(H,21,24). The van der Waals surface area contributed by atoms with Crippen molar-refractivity contribution in [3.8, 4) is 5.69 Å². The van der Waals surface area contributed by atoms with Crippen molar-refractivity contribution in [2.75, 3.05) is 11.1 Å². The second-order valence-electron chi connectivity index (χ2n) is 6.28. The zero-order valence-electron chi connectivity index (χ0n) is 14.9. The van der Waals surface area contributed by atoms with Gasteiger partial charge in [0.25, 0.3) is 5.91 Å². The smallest absolute Gasteiger partial charge is 0.251 e. The molecule has 0 unspecified atom stereocenters. The number of nitrogens with zero attached hydrogens (tertiary/aromatic N) is 2. The molecule has 2 aromatic heterocycles. The first-order valence-electron chi connectivity index (χ1n) is 8.65. The van der Waals surface area contributed by atoms with Gasteiger partial charge in [0.15, 0.2) is 8.29 Å². The Balaban J connectivity index is 1.43. The molecule has 29 heavy (non-hydrogen) atoms. The van der Waals surface area contributed by atoms with Crippen LogP contribution in [0.15, 0.2) is 28.6 Å². The summed E-state index contributed by atoms with van der Waals surface area (Å²) in [6, 6.07) is 5.86. The number of aromatic nitrogens is 2. The van der Waals surface area contributed by atoms with E-state index in [1.165, 1.54) is 51.2 Å². The van der Waals surface area contributed by atoms with Gasteiger partial charge in [-0.15, -0.1) is 16.4 Å². The van der Waals surface area contributed by atoms with Gasteiger partial charge >= 0.3 is 0 Å². The minimum absolute atomic E-state index is 0.118. The Bertz CT molecular complexity index is 1150. The average molecular weight is 467 g/mol. The third kappa shape index (κ3) is 4.27. The van der Waals surface area contributed by atoms with Gasteiger partial charge in [-0.1, -0.05) is 23.1 Å². The molecule has 0 atom stereocenters. The van der Waals surface area contributed by atoms with E-state index in [0.717, 1.165) is 29.7 Å². The van der Waals surface area contributed by atoms with E-state index in [1.807, 2.05) is 0 Å². The van der Waals surface area contributed by atoms with Crippen LogP contribution in [0.1, 0.15) is 27.2 Å². The first-order valence-corrected chi connectivity index (χ1v) is 11.7. The molecule has 4 rings (SSSR count). The molecule has 1 aliphatic carbocycles. The Morgan fingerprint density at radius 3 is 2.76 bits per heavy atom. The van der Waals surface area contributed by atoms with Crippen LogP contribution in [-0.2, 0) is 17.6 Å². The van der Waals surface area contributed by atoms with Crippen molar-refractivity contribution in [2.24, 2.45) is 5.73 Å². The molecule has 3 aromatic rings. The molecule has 6 nitrogen and oxygen atoms in total. The number of rotatable bonds is 6. The van der Waals surface area contributed by atoms with Crippen LogP contribution in [0.25, 0.3) is 5.69 Å². The van der Waals surface area contributed by atoms with Crippen molar-refractivity contribution in [2.45, 2.75) is 23.6 Å². The molecule has 150 valence electrons. The average Bonchev–Trinajstić information content (AvgIpc) is 3.35. The lowest BCUT2D eigenvalue weighted by Gasteiger charge is -2.05. The van der Waals surface area contributed by atoms with E-state index in [2.05, 4.69) is 10.4 Å². The molecule has 2 amide bonds. The highest BCUT2D eigenvalue weighted by atomic mass is 32.2. The van der Waals surface area contributed by atoms with Crippen LogP contribution in [-0.4, -0.2) is 27.3 Å². The first-order chi connectivity index (χ1) is 13.9. The van der Waals surface area contributed by atoms with Gasteiger partial charge in [0.2, 0.25) is 5.91 Å². The van der Waals surface area contributed by atoms with Crippen LogP contribution < -0.4 is 11.1 Å². The number of carbonyl (C=O) groups is 2. The molecule has 11 heteroatoms. The van der Waals surface area contributed by atoms with E-state index in [-0.39, 0.29) is 17.5 Å². The van der Waals surface area contributed by atoms with Gasteiger partial charge in [-0.3, -0.25) is 9.59 Å². The summed E-state index contributed by atoms with van der Waals surface area (Å²) < 4.78 is 15.8. The zero-order chi connectivity index (χ0) is 20.5. The van der Waals surface area contributed by atoms with Crippen molar-refractivity contribution >= 4 is 63.5 Å². The van der Waals surface area contributed by atoms with E-state index in [9.17, 15) is 14.0 Å². The second-order valence-corrected chi connectivity index (χ2v) is 10.2. The molecule has 0 bridgehead atoms. The van der Waals surface area contributed by atoms with E-state index >= 15 is 0 Å². The topological polar surface area (TPSA) is 90.0 Å². The van der Waals surface area contributed by atoms with Gasteiger partial charge in [0.1, 0.15) is 10.8 Å². The number of hydrogen-bond donors (Lipinski definition) is 2. The highest BCUT2D eigenvalue weighted by Gasteiger charge is 2.26. The fourth-order valence-electron chi connectivity index (χ4n) is 3.11. The van der Waals surface area contributed by atoms with Gasteiger partial charge in [0.05, 0.1) is 17.0 Å². The van der Waals surface area contributed by atoms with E-state index < -0.39 is 5.91 Å². The Kier molecular flexibility index (Phi) is 5.81. The van der Waals surface area contributed by atoms with Crippen LogP contribution in [0.5, 0.6) is 0 Å². The zero-order valence-corrected chi connectivity index (χ0v) is 18.2. The maximum Gasteiger partial charge on any atom is 0.251 e. The van der Waals surface area contributed by atoms with Crippen molar-refractivity contribution in [1.82, 2.24) is 9.78 Å². The lowest BCUT2D eigenvalue weighted by molar-refractivity contribution is -0.113. The number of carbonyl (C=O) groups excluding carboxylic acids is 2. The Morgan fingerprint density at radius 2 is 2.03 bits per heavy atom. The summed E-state index contributed by atoms with van der Waals surface area (Å²) in [7, 11) is 0. The van der Waals surface area contributed by atoms with Crippen LogP contribution in [0.3, 0.4) is 0 Å². The predicted octanol–water partition coefficient (Wildman–Crippen LogP) is 4.18. The van der Waals surface area contributed by atoms with Gasteiger partial charge in [-0.2, -0.15) is 0 Å². The molecule has 0 saturated heterocycles.